The number of Topliss-reactive ketones (excluding diaryl/α,β-unsaturated/α-hetero) is 1. The van der Waals surface area contributed by atoms with E-state index in [1.165, 1.54) is 26.2 Å². The standard InChI is InChI=1S/C29H42N2O5S/c1-15(2)18-11-12-20-27-14-36-29(35,28(20,16(3)32)23(18)33)24(34)21(27)26(4,5)13-19-22(27)31-25(37-19)30-17-9-7-6-8-10-17/h17-18,20-21,23-24,33-35H,1,6-14H2,2-5H3,(H,30,31)/t18-,20-,21+,23+,24-,27-,28+,29-/m0/s1. The van der Waals surface area contributed by atoms with E-state index in [1.807, 2.05) is 6.92 Å². The minimum atomic E-state index is -2.17. The molecule has 1 spiro atoms. The lowest BCUT2D eigenvalue weighted by molar-refractivity contribution is -0.433. The number of fused-ring (bicyclic) bond motifs is 2. The van der Waals surface area contributed by atoms with Gasteiger partial charge in [-0.1, -0.05) is 45.3 Å². The lowest BCUT2D eigenvalue weighted by Gasteiger charge is -2.74. The van der Waals surface area contributed by atoms with Crippen LogP contribution in [0.4, 0.5) is 5.13 Å². The molecule has 4 N–H and O–H groups in total. The van der Waals surface area contributed by atoms with Crippen LogP contribution in [-0.2, 0) is 21.4 Å². The molecule has 4 aliphatic carbocycles. The summed E-state index contributed by atoms with van der Waals surface area (Å²) in [6, 6.07) is 0.413. The summed E-state index contributed by atoms with van der Waals surface area (Å²) in [5, 5.41) is 40.6. The molecule has 8 heteroatoms. The van der Waals surface area contributed by atoms with E-state index < -0.39 is 34.7 Å². The Morgan fingerprint density at radius 1 is 1.11 bits per heavy atom. The maximum atomic E-state index is 13.7. The smallest absolute Gasteiger partial charge is 0.208 e. The van der Waals surface area contributed by atoms with Crippen LogP contribution in [0.25, 0.3) is 0 Å². The molecule has 204 valence electrons. The van der Waals surface area contributed by atoms with Gasteiger partial charge in [0, 0.05) is 28.2 Å². The first-order valence-corrected chi connectivity index (χ1v) is 14.9. The van der Waals surface area contributed by atoms with Crippen LogP contribution in [0.15, 0.2) is 12.2 Å². The van der Waals surface area contributed by atoms with Crippen molar-refractivity contribution in [3.8, 4) is 0 Å². The average Bonchev–Trinajstić information content (AvgIpc) is 3.22. The first-order valence-electron chi connectivity index (χ1n) is 14.1. The number of aliphatic hydroxyl groups excluding tert-OH is 2. The van der Waals surface area contributed by atoms with Gasteiger partial charge >= 0.3 is 0 Å². The Labute approximate surface area is 223 Å². The van der Waals surface area contributed by atoms with Gasteiger partial charge in [-0.15, -0.1) is 11.3 Å². The van der Waals surface area contributed by atoms with Crippen LogP contribution >= 0.6 is 11.3 Å². The lowest BCUT2D eigenvalue weighted by atomic mass is 9.35. The van der Waals surface area contributed by atoms with Crippen LogP contribution in [0.1, 0.15) is 83.2 Å². The van der Waals surface area contributed by atoms with Crippen LogP contribution in [0.2, 0.25) is 0 Å². The van der Waals surface area contributed by atoms with Crippen LogP contribution in [-0.4, -0.2) is 56.7 Å². The van der Waals surface area contributed by atoms with Crippen LogP contribution in [0.3, 0.4) is 0 Å². The van der Waals surface area contributed by atoms with E-state index in [4.69, 9.17) is 9.72 Å². The number of rotatable bonds is 4. The van der Waals surface area contributed by atoms with Crippen molar-refractivity contribution in [3.63, 3.8) is 0 Å². The summed E-state index contributed by atoms with van der Waals surface area (Å²) in [6.07, 6.45) is 5.52. The molecule has 0 aromatic carbocycles. The molecule has 2 aliphatic heterocycles. The highest BCUT2D eigenvalue weighted by atomic mass is 32.1. The second kappa shape index (κ2) is 8.34. The number of aromatic nitrogens is 1. The Bertz CT molecular complexity index is 1130. The lowest BCUT2D eigenvalue weighted by Crippen LogP contribution is -2.86. The summed E-state index contributed by atoms with van der Waals surface area (Å²) in [5.41, 5.74) is -1.13. The molecule has 7 nitrogen and oxygen atoms in total. The Morgan fingerprint density at radius 3 is 2.46 bits per heavy atom. The number of nitrogens with zero attached hydrogens (tertiary/aromatic N) is 1. The first kappa shape index (κ1) is 25.9. The molecule has 3 heterocycles. The van der Waals surface area contributed by atoms with Gasteiger partial charge < -0.3 is 25.4 Å². The molecule has 2 bridgehead atoms. The highest BCUT2D eigenvalue weighted by Crippen LogP contribution is 2.73. The van der Waals surface area contributed by atoms with Gasteiger partial charge in [-0.25, -0.2) is 4.98 Å². The molecular formula is C29H42N2O5S. The third-order valence-electron chi connectivity index (χ3n) is 10.9. The third-order valence-corrected chi connectivity index (χ3v) is 11.9. The highest BCUT2D eigenvalue weighted by Gasteiger charge is 2.84. The zero-order valence-electron chi connectivity index (χ0n) is 22.5. The maximum Gasteiger partial charge on any atom is 0.208 e. The third kappa shape index (κ3) is 3.14. The van der Waals surface area contributed by atoms with E-state index in [2.05, 4.69) is 25.7 Å². The zero-order valence-corrected chi connectivity index (χ0v) is 23.4. The SMILES string of the molecule is C=C(C)[C@@H]1CC[C@H]2[C@@]34CO[C@@](O)([C@@H](O)[C@@H]3C(C)(C)Cc3sc(NC5CCCCC5)nc34)[C@@]2(C(C)=O)[C@@H]1O. The topological polar surface area (TPSA) is 112 Å². The van der Waals surface area contributed by atoms with Crippen LogP contribution in [0.5, 0.6) is 0 Å². The van der Waals surface area contributed by atoms with E-state index >= 15 is 0 Å². The minimum absolute atomic E-state index is 0.179. The Hall–Kier alpha value is -1.32. The van der Waals surface area contributed by atoms with Gasteiger partial charge in [0.25, 0.3) is 0 Å². The molecule has 6 aliphatic rings. The number of ether oxygens (including phenoxy) is 1. The molecule has 0 unspecified atom stereocenters. The Balaban J connectivity index is 1.54. The molecule has 1 aromatic rings. The van der Waals surface area contributed by atoms with Crippen molar-refractivity contribution in [1.29, 1.82) is 0 Å². The molecule has 37 heavy (non-hydrogen) atoms. The number of hydrogen-bond acceptors (Lipinski definition) is 8. The molecule has 3 saturated carbocycles. The number of hydrogen-bond donors (Lipinski definition) is 4. The molecule has 1 aromatic heterocycles. The molecule has 8 atom stereocenters. The van der Waals surface area contributed by atoms with Gasteiger partial charge in [0.15, 0.2) is 5.13 Å². The van der Waals surface area contributed by atoms with Crippen molar-refractivity contribution in [2.24, 2.45) is 28.6 Å². The fraction of sp³-hybridized carbons (Fsp3) is 0.793. The minimum Gasteiger partial charge on any atom is -0.391 e. The van der Waals surface area contributed by atoms with Gasteiger partial charge in [-0.3, -0.25) is 4.79 Å². The zero-order chi connectivity index (χ0) is 26.5. The van der Waals surface area contributed by atoms with Crippen LogP contribution < -0.4 is 5.32 Å². The normalized spacial score (nSPS) is 44.5. The van der Waals surface area contributed by atoms with E-state index in [-0.39, 0.29) is 29.6 Å². The van der Waals surface area contributed by atoms with E-state index in [0.717, 1.165) is 40.5 Å². The summed E-state index contributed by atoms with van der Waals surface area (Å²) in [6.45, 7) is 11.9. The number of anilines is 1. The fourth-order valence-corrected chi connectivity index (χ4v) is 10.9. The van der Waals surface area contributed by atoms with Gasteiger partial charge in [-0.2, -0.15) is 0 Å². The monoisotopic (exact) mass is 530 g/mol. The summed E-state index contributed by atoms with van der Waals surface area (Å²) in [5.74, 6) is -3.63. The molecule has 2 saturated heterocycles. The molecule has 0 amide bonds. The summed E-state index contributed by atoms with van der Waals surface area (Å²) in [4.78, 5) is 20.1. The predicted octanol–water partition coefficient (Wildman–Crippen LogP) is 3.96. The average molecular weight is 531 g/mol. The Kier molecular flexibility index (Phi) is 5.84. The quantitative estimate of drug-likeness (QED) is 0.436. The van der Waals surface area contributed by atoms with Crippen molar-refractivity contribution < 1.29 is 24.9 Å². The van der Waals surface area contributed by atoms with E-state index in [9.17, 15) is 20.1 Å². The summed E-state index contributed by atoms with van der Waals surface area (Å²) < 4.78 is 6.22. The predicted molar refractivity (Wildman–Crippen MR) is 142 cm³/mol. The highest BCUT2D eigenvalue weighted by molar-refractivity contribution is 7.15. The Morgan fingerprint density at radius 2 is 1.81 bits per heavy atom. The molecular weight excluding hydrogens is 488 g/mol. The first-order chi connectivity index (χ1) is 17.4. The van der Waals surface area contributed by atoms with Gasteiger partial charge in [-0.05, 0) is 57.3 Å². The summed E-state index contributed by atoms with van der Waals surface area (Å²) >= 11 is 1.69. The number of thiazole rings is 1. The second-order valence-corrected chi connectivity index (χ2v) is 14.4. The van der Waals surface area contributed by atoms with E-state index in [1.54, 1.807) is 11.3 Å². The van der Waals surface area contributed by atoms with Crippen molar-refractivity contribution in [2.75, 3.05) is 11.9 Å². The number of ketones is 1. The number of carbonyl (C=O) groups is 1. The number of carbonyl (C=O) groups excluding carboxylic acids is 1. The van der Waals surface area contributed by atoms with Gasteiger partial charge in [0.05, 0.1) is 18.4 Å². The maximum absolute atomic E-state index is 13.7. The number of aliphatic hydroxyl groups is 3. The van der Waals surface area contributed by atoms with Gasteiger partial charge in [0.1, 0.15) is 17.3 Å². The van der Waals surface area contributed by atoms with Crippen molar-refractivity contribution in [3.05, 3.63) is 22.7 Å². The number of nitrogens with one attached hydrogen (secondary N) is 1. The fourth-order valence-electron chi connectivity index (χ4n) is 9.54. The largest absolute Gasteiger partial charge is 0.391 e. The second-order valence-electron chi connectivity index (χ2n) is 13.3. The molecule has 0 radical (unpaired) electrons. The summed E-state index contributed by atoms with van der Waals surface area (Å²) in [7, 11) is 0. The van der Waals surface area contributed by atoms with E-state index in [0.29, 0.717) is 18.9 Å². The molecule has 7 rings (SSSR count). The molecule has 5 fully saturated rings. The van der Waals surface area contributed by atoms with Crippen molar-refractivity contribution in [1.82, 2.24) is 4.98 Å². The van der Waals surface area contributed by atoms with Crippen molar-refractivity contribution >= 4 is 22.3 Å². The van der Waals surface area contributed by atoms with Gasteiger partial charge in [0.2, 0.25) is 5.79 Å². The van der Waals surface area contributed by atoms with Crippen LogP contribution in [0, 0.1) is 28.6 Å². The van der Waals surface area contributed by atoms with Crippen molar-refractivity contribution in [2.45, 2.75) is 109 Å².